The van der Waals surface area contributed by atoms with Gasteiger partial charge in [-0.2, -0.15) is 13.2 Å². The summed E-state index contributed by atoms with van der Waals surface area (Å²) in [7, 11) is 0. The molecule has 1 N–H and O–H groups in total. The zero-order chi connectivity index (χ0) is 25.3. The summed E-state index contributed by atoms with van der Waals surface area (Å²) in [6.45, 7) is 6.78. The lowest BCUT2D eigenvalue weighted by atomic mass is 9.81. The third-order valence-electron chi connectivity index (χ3n) is 6.30. The van der Waals surface area contributed by atoms with Crippen LogP contribution in [-0.2, 0) is 15.7 Å². The van der Waals surface area contributed by atoms with Crippen LogP contribution in [0.1, 0.15) is 63.1 Å². The minimum absolute atomic E-state index is 0.138. The highest BCUT2D eigenvalue weighted by molar-refractivity contribution is 7.20. The van der Waals surface area contributed by atoms with E-state index in [1.54, 1.807) is 39.8 Å². The summed E-state index contributed by atoms with van der Waals surface area (Å²) in [6.07, 6.45) is -2.48. The van der Waals surface area contributed by atoms with Crippen LogP contribution < -0.4 is 4.74 Å². The number of alkyl halides is 3. The third-order valence-corrected chi connectivity index (χ3v) is 7.20. The molecule has 1 aliphatic heterocycles. The highest BCUT2D eigenvalue weighted by Gasteiger charge is 2.48. The number of rotatable bonds is 4. The molecule has 1 fully saturated rings. The molecule has 0 spiro atoms. The Labute approximate surface area is 204 Å². The molecule has 0 radical (unpaired) electrons. The van der Waals surface area contributed by atoms with Gasteiger partial charge in [-0.1, -0.05) is 17.4 Å². The van der Waals surface area contributed by atoms with Gasteiger partial charge in [-0.3, -0.25) is 4.79 Å². The van der Waals surface area contributed by atoms with Crippen molar-refractivity contribution in [2.24, 2.45) is 0 Å². The smallest absolute Gasteiger partial charge is 0.416 e. The van der Waals surface area contributed by atoms with Gasteiger partial charge in [0.25, 0.3) is 5.19 Å². The van der Waals surface area contributed by atoms with Gasteiger partial charge < -0.3 is 14.6 Å². The maximum Gasteiger partial charge on any atom is 0.416 e. The Bertz CT molecular complexity index is 1380. The number of Topliss-reactive ketones (excluding diaryl/α,β-unsaturated/α-hetero) is 1. The van der Waals surface area contributed by atoms with Gasteiger partial charge in [0, 0.05) is 0 Å². The number of thiazole rings is 1. The predicted octanol–water partition coefficient (Wildman–Crippen LogP) is 7.41. The van der Waals surface area contributed by atoms with E-state index in [-0.39, 0.29) is 28.2 Å². The van der Waals surface area contributed by atoms with E-state index < -0.39 is 22.9 Å². The molecule has 9 heteroatoms. The average Bonchev–Trinajstić information content (AvgIpc) is 3.51. The Balaban J connectivity index is 1.56. The summed E-state index contributed by atoms with van der Waals surface area (Å²) in [4.78, 5) is 17.7. The van der Waals surface area contributed by atoms with E-state index in [9.17, 15) is 23.1 Å². The molecule has 184 valence electrons. The number of hydrogen-bond acceptors (Lipinski definition) is 6. The zero-order valence-corrected chi connectivity index (χ0v) is 20.4. The van der Waals surface area contributed by atoms with E-state index in [1.165, 1.54) is 6.07 Å². The molecule has 1 saturated carbocycles. The molecular weight excluding hydrogens is 479 g/mol. The summed E-state index contributed by atoms with van der Waals surface area (Å²) in [6, 6.07) is 8.68. The third kappa shape index (κ3) is 4.31. The Morgan fingerprint density at radius 1 is 1.09 bits per heavy atom. The number of aliphatic hydroxyl groups is 1. The van der Waals surface area contributed by atoms with Crippen LogP contribution in [0.15, 0.2) is 42.2 Å². The van der Waals surface area contributed by atoms with E-state index in [2.05, 4.69) is 4.98 Å². The van der Waals surface area contributed by atoms with Crippen LogP contribution in [0.3, 0.4) is 0 Å². The molecule has 1 aromatic heterocycles. The molecule has 0 saturated heterocycles. The van der Waals surface area contributed by atoms with Gasteiger partial charge in [-0.05, 0) is 87.9 Å². The number of hydrogen-bond donors (Lipinski definition) is 1. The van der Waals surface area contributed by atoms with E-state index in [0.29, 0.717) is 21.5 Å². The number of halogens is 3. The van der Waals surface area contributed by atoms with Crippen molar-refractivity contribution in [3.8, 4) is 10.9 Å². The summed E-state index contributed by atoms with van der Waals surface area (Å²) < 4.78 is 51.3. The van der Waals surface area contributed by atoms with Crippen molar-refractivity contribution in [1.82, 2.24) is 4.98 Å². The first kappa shape index (κ1) is 23.8. The van der Waals surface area contributed by atoms with E-state index in [1.807, 2.05) is 6.07 Å². The normalized spacial score (nSPS) is 19.9. The summed E-state index contributed by atoms with van der Waals surface area (Å²) >= 11 is 1.01. The Kier molecular flexibility index (Phi) is 5.30. The first-order valence-corrected chi connectivity index (χ1v) is 12.1. The number of ketones is 1. The lowest BCUT2D eigenvalue weighted by molar-refractivity contribution is -0.158. The van der Waals surface area contributed by atoms with Crippen molar-refractivity contribution < 1.29 is 32.5 Å². The molecule has 5 nitrogen and oxygen atoms in total. The van der Waals surface area contributed by atoms with Crippen LogP contribution in [-0.4, -0.2) is 27.1 Å². The van der Waals surface area contributed by atoms with Gasteiger partial charge in [0.05, 0.1) is 21.4 Å². The number of nitrogens with zero attached hydrogens (tertiary/aromatic N) is 1. The topological polar surface area (TPSA) is 68.7 Å². The molecule has 2 heterocycles. The van der Waals surface area contributed by atoms with Gasteiger partial charge in [0.1, 0.15) is 22.7 Å². The zero-order valence-electron chi connectivity index (χ0n) is 19.6. The lowest BCUT2D eigenvalue weighted by Crippen LogP contribution is -2.49. The molecule has 35 heavy (non-hydrogen) atoms. The van der Waals surface area contributed by atoms with Crippen LogP contribution in [0.5, 0.6) is 10.9 Å². The molecule has 0 amide bonds. The number of carbonyl (C=O) groups excluding carboxylic acids is 1. The highest BCUT2D eigenvalue weighted by Crippen LogP contribution is 2.48. The summed E-state index contributed by atoms with van der Waals surface area (Å²) in [5, 5.41) is 11.2. The molecule has 5 rings (SSSR count). The van der Waals surface area contributed by atoms with E-state index >= 15 is 0 Å². The van der Waals surface area contributed by atoms with Crippen molar-refractivity contribution in [2.45, 2.75) is 63.8 Å². The predicted molar refractivity (Wildman–Crippen MR) is 127 cm³/mol. The van der Waals surface area contributed by atoms with Gasteiger partial charge in [0.15, 0.2) is 5.78 Å². The van der Waals surface area contributed by atoms with Crippen LogP contribution in [0.2, 0.25) is 0 Å². The fraction of sp³-hybridized carbons (Fsp3) is 0.385. The van der Waals surface area contributed by atoms with Gasteiger partial charge >= 0.3 is 6.18 Å². The van der Waals surface area contributed by atoms with E-state index in [4.69, 9.17) is 9.47 Å². The first-order chi connectivity index (χ1) is 16.3. The number of carbonyl (C=O) groups is 1. The Morgan fingerprint density at radius 2 is 1.80 bits per heavy atom. The number of aromatic nitrogens is 1. The minimum Gasteiger partial charge on any atom is -0.508 e. The number of ether oxygens (including phenoxy) is 2. The van der Waals surface area contributed by atoms with Crippen LogP contribution in [0.4, 0.5) is 13.2 Å². The quantitative estimate of drug-likeness (QED) is 0.402. The summed E-state index contributed by atoms with van der Waals surface area (Å²) in [5.41, 5.74) is -0.812. The van der Waals surface area contributed by atoms with Crippen molar-refractivity contribution in [1.29, 1.82) is 0 Å². The molecule has 0 atom stereocenters. The van der Waals surface area contributed by atoms with Crippen molar-refractivity contribution in [2.75, 3.05) is 0 Å². The Hall–Kier alpha value is -2.91. The molecule has 2 aliphatic rings. The fourth-order valence-corrected chi connectivity index (χ4v) is 5.36. The second-order valence-electron chi connectivity index (χ2n) is 9.96. The van der Waals surface area contributed by atoms with Crippen molar-refractivity contribution >= 4 is 32.9 Å². The van der Waals surface area contributed by atoms with Gasteiger partial charge in [-0.15, -0.1) is 0 Å². The summed E-state index contributed by atoms with van der Waals surface area (Å²) in [5.74, 6) is 0.188. The second-order valence-corrected chi connectivity index (χ2v) is 11.0. The van der Waals surface area contributed by atoms with Crippen LogP contribution in [0.25, 0.3) is 15.8 Å². The average molecular weight is 504 g/mol. The first-order valence-electron chi connectivity index (χ1n) is 11.2. The fourth-order valence-electron chi connectivity index (χ4n) is 4.48. The standard InChI is InChI=1S/C26H24F3NO4S/c1-24(2)21(31)20(22(32)25(3,4)34-24)17-12-15(8-9-16(17)13-5-6-13)33-23-30-18-10-7-14(26(27,28)29)11-19(18)35-23/h7-13,31H,5-6H2,1-4H3. The number of fused-ring (bicyclic) bond motifs is 1. The molecule has 1 aliphatic carbocycles. The van der Waals surface area contributed by atoms with E-state index in [0.717, 1.165) is 41.9 Å². The van der Waals surface area contributed by atoms with Crippen molar-refractivity contribution in [3.63, 3.8) is 0 Å². The number of aliphatic hydroxyl groups excluding tert-OH is 1. The molecule has 0 bridgehead atoms. The minimum atomic E-state index is -4.44. The maximum atomic E-state index is 13.4. The molecular formula is C26H24F3NO4S. The maximum absolute atomic E-state index is 13.4. The SMILES string of the molecule is CC1(C)OC(C)(C)C(O)=C(c2cc(Oc3nc4ccc(C(F)(F)F)cc4s3)ccc2C2CC2)C1=O. The number of benzene rings is 2. The van der Waals surface area contributed by atoms with Crippen LogP contribution >= 0.6 is 11.3 Å². The highest BCUT2D eigenvalue weighted by atomic mass is 32.1. The van der Waals surface area contributed by atoms with Gasteiger partial charge in [0.2, 0.25) is 0 Å². The van der Waals surface area contributed by atoms with Crippen LogP contribution in [0, 0.1) is 0 Å². The monoisotopic (exact) mass is 503 g/mol. The lowest BCUT2D eigenvalue weighted by Gasteiger charge is -2.40. The second kappa shape index (κ2) is 7.80. The molecule has 0 unspecified atom stereocenters. The largest absolute Gasteiger partial charge is 0.508 e. The Morgan fingerprint density at radius 3 is 2.46 bits per heavy atom. The molecule has 2 aromatic carbocycles. The van der Waals surface area contributed by atoms with Gasteiger partial charge in [-0.25, -0.2) is 4.98 Å². The molecule has 3 aromatic rings. The van der Waals surface area contributed by atoms with Crippen molar-refractivity contribution in [3.05, 3.63) is 58.8 Å².